The minimum atomic E-state index is -0.158. The second-order valence-electron chi connectivity index (χ2n) is 4.93. The fourth-order valence-corrected chi connectivity index (χ4v) is 1.91. The number of nitrogens with zero attached hydrogens (tertiary/aromatic N) is 2. The van der Waals surface area contributed by atoms with Crippen LogP contribution in [0.15, 0.2) is 22.7 Å². The van der Waals surface area contributed by atoms with Crippen molar-refractivity contribution in [3.05, 3.63) is 40.9 Å². The van der Waals surface area contributed by atoms with E-state index in [-0.39, 0.29) is 5.91 Å². The zero-order chi connectivity index (χ0) is 15.2. The van der Waals surface area contributed by atoms with Crippen molar-refractivity contribution in [1.29, 1.82) is 0 Å². The number of nitrogens with one attached hydrogen (secondary N) is 2. The summed E-state index contributed by atoms with van der Waals surface area (Å²) in [6, 6.07) is 5.31. The zero-order valence-corrected chi connectivity index (χ0v) is 12.6. The van der Waals surface area contributed by atoms with Gasteiger partial charge in [0.15, 0.2) is 5.76 Å². The van der Waals surface area contributed by atoms with Crippen molar-refractivity contribution in [3.63, 3.8) is 0 Å². The van der Waals surface area contributed by atoms with Gasteiger partial charge in [-0.3, -0.25) is 4.79 Å². The summed E-state index contributed by atoms with van der Waals surface area (Å²) < 4.78 is 5.06. The summed E-state index contributed by atoms with van der Waals surface area (Å²) in [5.74, 6) is 1.20. The molecule has 0 aliphatic heterocycles. The average molecular weight is 288 g/mol. The minimum absolute atomic E-state index is 0.158. The van der Waals surface area contributed by atoms with Crippen LogP contribution in [0, 0.1) is 13.8 Å². The van der Waals surface area contributed by atoms with Gasteiger partial charge in [0.05, 0.1) is 12.2 Å². The monoisotopic (exact) mass is 288 g/mol. The van der Waals surface area contributed by atoms with Crippen molar-refractivity contribution in [2.24, 2.45) is 0 Å². The summed E-state index contributed by atoms with van der Waals surface area (Å²) in [7, 11) is 0. The molecule has 2 N–H and O–H groups in total. The molecule has 0 atom stereocenters. The summed E-state index contributed by atoms with van der Waals surface area (Å²) in [4.78, 5) is 16.5. The van der Waals surface area contributed by atoms with E-state index in [1.54, 1.807) is 18.2 Å². The van der Waals surface area contributed by atoms with Gasteiger partial charge in [-0.25, -0.2) is 4.98 Å². The summed E-state index contributed by atoms with van der Waals surface area (Å²) in [5.41, 5.74) is 2.18. The molecular formula is C15H20N4O2. The number of aryl methyl sites for hydroxylation is 2. The van der Waals surface area contributed by atoms with Crippen molar-refractivity contribution in [3.8, 4) is 0 Å². The van der Waals surface area contributed by atoms with Crippen LogP contribution in [-0.4, -0.2) is 22.6 Å². The topological polar surface area (TPSA) is 80.0 Å². The van der Waals surface area contributed by atoms with E-state index in [0.717, 1.165) is 30.2 Å². The van der Waals surface area contributed by atoms with Crippen molar-refractivity contribution in [2.45, 2.75) is 33.7 Å². The lowest BCUT2D eigenvalue weighted by atomic mass is 10.2. The summed E-state index contributed by atoms with van der Waals surface area (Å²) >= 11 is 0. The summed E-state index contributed by atoms with van der Waals surface area (Å²) in [6.07, 6.45) is 1.00. The third kappa shape index (κ3) is 4.30. The Labute approximate surface area is 123 Å². The van der Waals surface area contributed by atoms with Gasteiger partial charge in [-0.15, -0.1) is 0 Å². The number of carbonyl (C=O) groups is 1. The molecule has 0 spiro atoms. The first kappa shape index (κ1) is 15.0. The molecule has 1 amide bonds. The lowest BCUT2D eigenvalue weighted by Gasteiger charge is -2.08. The molecule has 0 saturated carbocycles. The maximum Gasteiger partial charge on any atom is 0.251 e. The van der Waals surface area contributed by atoms with Gasteiger partial charge in [-0.2, -0.15) is 0 Å². The first-order chi connectivity index (χ1) is 10.1. The van der Waals surface area contributed by atoms with Crippen molar-refractivity contribution < 1.29 is 9.32 Å². The van der Waals surface area contributed by atoms with Gasteiger partial charge in [-0.05, 0) is 32.4 Å². The van der Waals surface area contributed by atoms with Crippen LogP contribution in [0.25, 0.3) is 0 Å². The number of aromatic nitrogens is 2. The van der Waals surface area contributed by atoms with Crippen LogP contribution < -0.4 is 10.6 Å². The Morgan fingerprint density at radius 2 is 2.05 bits per heavy atom. The van der Waals surface area contributed by atoms with Crippen LogP contribution in [0.5, 0.6) is 0 Å². The van der Waals surface area contributed by atoms with Gasteiger partial charge >= 0.3 is 0 Å². The van der Waals surface area contributed by atoms with Crippen LogP contribution in [0.1, 0.15) is 40.9 Å². The Morgan fingerprint density at radius 3 is 2.71 bits per heavy atom. The Balaban J connectivity index is 2.02. The molecule has 0 fully saturated rings. The van der Waals surface area contributed by atoms with Gasteiger partial charge < -0.3 is 15.2 Å². The number of hydrogen-bond acceptors (Lipinski definition) is 5. The highest BCUT2D eigenvalue weighted by molar-refractivity contribution is 5.94. The maximum atomic E-state index is 12.2. The Hall–Kier alpha value is -2.37. The molecule has 112 valence electrons. The Kier molecular flexibility index (Phi) is 4.92. The number of pyridine rings is 1. The molecule has 21 heavy (non-hydrogen) atoms. The highest BCUT2D eigenvalue weighted by atomic mass is 16.5. The maximum absolute atomic E-state index is 12.2. The molecule has 0 aromatic carbocycles. The van der Waals surface area contributed by atoms with Crippen LogP contribution in [-0.2, 0) is 6.54 Å². The molecule has 0 aliphatic rings. The van der Waals surface area contributed by atoms with Gasteiger partial charge in [0.1, 0.15) is 5.82 Å². The predicted molar refractivity (Wildman–Crippen MR) is 80.2 cm³/mol. The fourth-order valence-electron chi connectivity index (χ4n) is 1.91. The van der Waals surface area contributed by atoms with Crippen LogP contribution in [0.3, 0.4) is 0 Å². The fraction of sp³-hybridized carbons (Fsp3) is 0.400. The quantitative estimate of drug-likeness (QED) is 0.853. The van der Waals surface area contributed by atoms with Gasteiger partial charge in [0.25, 0.3) is 5.91 Å². The molecule has 2 heterocycles. The Bertz CT molecular complexity index is 622. The molecular weight excluding hydrogens is 268 g/mol. The second kappa shape index (κ2) is 6.88. The minimum Gasteiger partial charge on any atom is -0.370 e. The normalized spacial score (nSPS) is 10.4. The smallest absolute Gasteiger partial charge is 0.251 e. The van der Waals surface area contributed by atoms with Crippen molar-refractivity contribution in [1.82, 2.24) is 15.5 Å². The molecule has 0 saturated heterocycles. The summed E-state index contributed by atoms with van der Waals surface area (Å²) in [5, 5.41) is 9.78. The van der Waals surface area contributed by atoms with Crippen LogP contribution >= 0.6 is 0 Å². The first-order valence-corrected chi connectivity index (χ1v) is 7.01. The zero-order valence-electron chi connectivity index (χ0n) is 12.6. The molecule has 0 unspecified atom stereocenters. The molecule has 0 bridgehead atoms. The van der Waals surface area contributed by atoms with E-state index in [4.69, 9.17) is 4.52 Å². The first-order valence-electron chi connectivity index (χ1n) is 7.01. The third-order valence-corrected chi connectivity index (χ3v) is 2.87. The predicted octanol–water partition coefficient (Wildman–Crippen LogP) is 2.44. The molecule has 0 aliphatic carbocycles. The van der Waals surface area contributed by atoms with E-state index in [1.165, 1.54) is 0 Å². The van der Waals surface area contributed by atoms with Crippen LogP contribution in [0.2, 0.25) is 0 Å². The van der Waals surface area contributed by atoms with E-state index in [9.17, 15) is 4.79 Å². The Morgan fingerprint density at radius 1 is 1.24 bits per heavy atom. The molecule has 6 nitrogen and oxygen atoms in total. The molecule has 0 radical (unpaired) electrons. The van der Waals surface area contributed by atoms with E-state index in [2.05, 4.69) is 27.7 Å². The summed E-state index contributed by atoms with van der Waals surface area (Å²) in [6.45, 7) is 6.93. The SMILES string of the molecule is CCCNc1cc(C(=O)NCc2cc(C)no2)cc(C)n1. The molecule has 6 heteroatoms. The standard InChI is InChI=1S/C15H20N4O2/c1-4-5-16-14-8-12(6-10(2)18-14)15(20)17-9-13-7-11(3)19-21-13/h6-8H,4-5,9H2,1-3H3,(H,16,18)(H,17,20). The highest BCUT2D eigenvalue weighted by Gasteiger charge is 2.10. The largest absolute Gasteiger partial charge is 0.370 e. The molecule has 2 rings (SSSR count). The number of hydrogen-bond donors (Lipinski definition) is 2. The lowest BCUT2D eigenvalue weighted by Crippen LogP contribution is -2.23. The number of rotatable bonds is 6. The lowest BCUT2D eigenvalue weighted by molar-refractivity contribution is 0.0947. The average Bonchev–Trinajstić information content (AvgIpc) is 2.87. The van der Waals surface area contributed by atoms with E-state index in [0.29, 0.717) is 17.9 Å². The van der Waals surface area contributed by atoms with Gasteiger partial charge in [0.2, 0.25) is 0 Å². The molecule has 2 aromatic heterocycles. The van der Waals surface area contributed by atoms with Gasteiger partial charge in [-0.1, -0.05) is 12.1 Å². The number of amides is 1. The number of carbonyl (C=O) groups excluding carboxylic acids is 1. The van der Waals surface area contributed by atoms with E-state index in [1.807, 2.05) is 13.8 Å². The van der Waals surface area contributed by atoms with Crippen LogP contribution in [0.4, 0.5) is 5.82 Å². The third-order valence-electron chi connectivity index (χ3n) is 2.87. The van der Waals surface area contributed by atoms with Crippen molar-refractivity contribution in [2.75, 3.05) is 11.9 Å². The number of anilines is 1. The van der Waals surface area contributed by atoms with E-state index < -0.39 is 0 Å². The highest BCUT2D eigenvalue weighted by Crippen LogP contribution is 2.11. The van der Waals surface area contributed by atoms with E-state index >= 15 is 0 Å². The second-order valence-corrected chi connectivity index (χ2v) is 4.93. The molecule has 2 aromatic rings. The van der Waals surface area contributed by atoms with Gasteiger partial charge in [0, 0.05) is 23.9 Å². The van der Waals surface area contributed by atoms with Crippen molar-refractivity contribution >= 4 is 11.7 Å².